The molecule has 4 nitrogen and oxygen atoms in total. The van der Waals surface area contributed by atoms with Gasteiger partial charge in [-0.2, -0.15) is 4.31 Å². The Morgan fingerprint density at radius 3 is 2.50 bits per heavy atom. The van der Waals surface area contributed by atoms with Gasteiger partial charge < -0.3 is 5.32 Å². The third-order valence-electron chi connectivity index (χ3n) is 3.91. The zero-order valence-corrected chi connectivity index (χ0v) is 13.4. The van der Waals surface area contributed by atoms with Crippen molar-refractivity contribution in [3.05, 3.63) is 65.5 Å². The Bertz CT molecular complexity index is 858. The molecule has 128 valence electrons. The summed E-state index contributed by atoms with van der Waals surface area (Å²) in [6.07, 6.45) is 0. The highest BCUT2D eigenvalue weighted by Crippen LogP contribution is 2.30. The molecule has 24 heavy (non-hydrogen) atoms. The number of piperazine rings is 1. The molecule has 2 aromatic carbocycles. The lowest BCUT2D eigenvalue weighted by Crippen LogP contribution is -2.48. The van der Waals surface area contributed by atoms with Gasteiger partial charge in [0.15, 0.2) is 0 Å². The molecule has 0 aliphatic carbocycles. The fraction of sp³-hybridized carbons (Fsp3) is 0.250. The van der Waals surface area contributed by atoms with Gasteiger partial charge in [-0.15, -0.1) is 0 Å². The summed E-state index contributed by atoms with van der Waals surface area (Å²) in [5, 5.41) is 3.05. The molecule has 0 spiro atoms. The highest BCUT2D eigenvalue weighted by Gasteiger charge is 2.36. The van der Waals surface area contributed by atoms with Crippen molar-refractivity contribution in [2.75, 3.05) is 19.6 Å². The summed E-state index contributed by atoms with van der Waals surface area (Å²) < 4.78 is 67.3. The third kappa shape index (κ3) is 3.17. The topological polar surface area (TPSA) is 49.4 Å². The molecule has 0 bridgehead atoms. The Labute approximate surface area is 138 Å². The van der Waals surface area contributed by atoms with Crippen LogP contribution in [0.2, 0.25) is 0 Å². The van der Waals surface area contributed by atoms with Crippen molar-refractivity contribution in [3.8, 4) is 0 Å². The van der Waals surface area contributed by atoms with E-state index in [9.17, 15) is 21.6 Å². The van der Waals surface area contributed by atoms with E-state index >= 15 is 0 Å². The first-order valence-corrected chi connectivity index (χ1v) is 8.76. The number of rotatable bonds is 3. The van der Waals surface area contributed by atoms with E-state index in [-0.39, 0.29) is 13.1 Å². The monoisotopic (exact) mass is 356 g/mol. The van der Waals surface area contributed by atoms with Crippen molar-refractivity contribution in [2.45, 2.75) is 10.9 Å². The molecule has 1 atom stereocenters. The molecular weight excluding hydrogens is 341 g/mol. The second-order valence-electron chi connectivity index (χ2n) is 5.47. The molecule has 0 amide bonds. The van der Waals surface area contributed by atoms with Crippen LogP contribution in [0.4, 0.5) is 13.2 Å². The number of sulfonamides is 1. The van der Waals surface area contributed by atoms with Crippen LogP contribution in [0.25, 0.3) is 0 Å². The van der Waals surface area contributed by atoms with Gasteiger partial charge in [0.2, 0.25) is 10.0 Å². The molecule has 0 aromatic heterocycles. The number of hydrogen-bond donors (Lipinski definition) is 1. The van der Waals surface area contributed by atoms with Gasteiger partial charge in [-0.25, -0.2) is 21.6 Å². The predicted molar refractivity (Wildman–Crippen MR) is 82.3 cm³/mol. The lowest BCUT2D eigenvalue weighted by molar-refractivity contribution is 0.270. The minimum atomic E-state index is -4.19. The van der Waals surface area contributed by atoms with E-state index in [1.165, 1.54) is 18.2 Å². The SMILES string of the molecule is O=S(=O)(c1ccc(F)cc1F)N1CCNCC1c1cccc(F)c1. The maximum Gasteiger partial charge on any atom is 0.246 e. The van der Waals surface area contributed by atoms with Crippen LogP contribution in [0.5, 0.6) is 0 Å². The van der Waals surface area contributed by atoms with Crippen LogP contribution >= 0.6 is 0 Å². The van der Waals surface area contributed by atoms with Crippen LogP contribution < -0.4 is 5.32 Å². The highest BCUT2D eigenvalue weighted by atomic mass is 32.2. The maximum atomic E-state index is 14.0. The number of nitrogens with zero attached hydrogens (tertiary/aromatic N) is 1. The highest BCUT2D eigenvalue weighted by molar-refractivity contribution is 7.89. The normalized spacial score (nSPS) is 19.4. The second kappa shape index (κ2) is 6.54. The van der Waals surface area contributed by atoms with Crippen molar-refractivity contribution in [2.24, 2.45) is 0 Å². The van der Waals surface area contributed by atoms with Crippen LogP contribution in [-0.2, 0) is 10.0 Å². The van der Waals surface area contributed by atoms with Gasteiger partial charge in [0.05, 0.1) is 6.04 Å². The zero-order chi connectivity index (χ0) is 17.3. The van der Waals surface area contributed by atoms with E-state index < -0.39 is 38.4 Å². The quantitative estimate of drug-likeness (QED) is 0.919. The Hall–Kier alpha value is -1.90. The number of nitrogens with one attached hydrogen (secondary N) is 1. The average molecular weight is 356 g/mol. The minimum Gasteiger partial charge on any atom is -0.313 e. The lowest BCUT2D eigenvalue weighted by Gasteiger charge is -2.35. The summed E-state index contributed by atoms with van der Waals surface area (Å²) in [6, 6.07) is 7.28. The molecule has 1 unspecified atom stereocenters. The standard InChI is InChI=1S/C16H15F3N2O2S/c17-12-3-1-2-11(8-12)15-10-20-6-7-21(15)24(22,23)16-5-4-13(18)9-14(16)19/h1-5,8-9,15,20H,6-7,10H2. The van der Waals surface area contributed by atoms with Gasteiger partial charge in [0, 0.05) is 25.7 Å². The van der Waals surface area contributed by atoms with Gasteiger partial charge in [0.1, 0.15) is 22.3 Å². The van der Waals surface area contributed by atoms with Crippen molar-refractivity contribution >= 4 is 10.0 Å². The van der Waals surface area contributed by atoms with Crippen molar-refractivity contribution < 1.29 is 21.6 Å². The van der Waals surface area contributed by atoms with Crippen LogP contribution in [0, 0.1) is 17.5 Å². The van der Waals surface area contributed by atoms with E-state index in [4.69, 9.17) is 0 Å². The molecule has 0 saturated carbocycles. The lowest BCUT2D eigenvalue weighted by atomic mass is 10.1. The number of benzene rings is 2. The first-order chi connectivity index (χ1) is 11.4. The van der Waals surface area contributed by atoms with Crippen LogP contribution in [0.15, 0.2) is 47.4 Å². The molecule has 1 aliphatic rings. The van der Waals surface area contributed by atoms with E-state index in [0.29, 0.717) is 18.2 Å². The molecule has 8 heteroatoms. The molecule has 0 radical (unpaired) electrons. The third-order valence-corrected chi connectivity index (χ3v) is 5.85. The molecule has 1 aliphatic heterocycles. The Kier molecular flexibility index (Phi) is 4.62. The number of hydrogen-bond acceptors (Lipinski definition) is 3. The van der Waals surface area contributed by atoms with E-state index in [0.717, 1.165) is 16.4 Å². The Morgan fingerprint density at radius 1 is 1.04 bits per heavy atom. The fourth-order valence-electron chi connectivity index (χ4n) is 2.78. The van der Waals surface area contributed by atoms with Gasteiger partial charge >= 0.3 is 0 Å². The van der Waals surface area contributed by atoms with Crippen LogP contribution in [-0.4, -0.2) is 32.4 Å². The summed E-state index contributed by atoms with van der Waals surface area (Å²) in [7, 11) is -4.19. The van der Waals surface area contributed by atoms with Gasteiger partial charge in [0.25, 0.3) is 0 Å². The number of halogens is 3. The smallest absolute Gasteiger partial charge is 0.246 e. The minimum absolute atomic E-state index is 0.0975. The molecule has 1 N–H and O–H groups in total. The summed E-state index contributed by atoms with van der Waals surface area (Å²) in [5.74, 6) is -2.48. The van der Waals surface area contributed by atoms with Crippen LogP contribution in [0.1, 0.15) is 11.6 Å². The van der Waals surface area contributed by atoms with E-state index in [1.807, 2.05) is 0 Å². The largest absolute Gasteiger partial charge is 0.313 e. The summed E-state index contributed by atoms with van der Waals surface area (Å²) >= 11 is 0. The first-order valence-electron chi connectivity index (χ1n) is 7.32. The molecule has 1 saturated heterocycles. The zero-order valence-electron chi connectivity index (χ0n) is 12.5. The summed E-state index contributed by atoms with van der Waals surface area (Å²) in [4.78, 5) is -0.591. The van der Waals surface area contributed by atoms with Gasteiger partial charge in [-0.1, -0.05) is 12.1 Å². The maximum absolute atomic E-state index is 14.0. The van der Waals surface area contributed by atoms with Gasteiger partial charge in [-0.3, -0.25) is 0 Å². The molecule has 1 fully saturated rings. The van der Waals surface area contributed by atoms with Crippen molar-refractivity contribution in [1.29, 1.82) is 0 Å². The Morgan fingerprint density at radius 2 is 1.79 bits per heavy atom. The Balaban J connectivity index is 2.03. The predicted octanol–water partition coefficient (Wildman–Crippen LogP) is 2.44. The molecular formula is C16H15F3N2O2S. The summed E-state index contributed by atoms with van der Waals surface area (Å²) in [6.45, 7) is 0.750. The van der Waals surface area contributed by atoms with E-state index in [2.05, 4.69) is 5.32 Å². The average Bonchev–Trinajstić information content (AvgIpc) is 2.54. The van der Waals surface area contributed by atoms with Gasteiger partial charge in [-0.05, 0) is 29.8 Å². The van der Waals surface area contributed by atoms with Crippen molar-refractivity contribution in [1.82, 2.24) is 9.62 Å². The molecule has 1 heterocycles. The van der Waals surface area contributed by atoms with Crippen molar-refractivity contribution in [3.63, 3.8) is 0 Å². The second-order valence-corrected chi connectivity index (χ2v) is 7.32. The first kappa shape index (κ1) is 16.9. The fourth-order valence-corrected chi connectivity index (χ4v) is 4.44. The van der Waals surface area contributed by atoms with Crippen LogP contribution in [0.3, 0.4) is 0 Å². The van der Waals surface area contributed by atoms with E-state index in [1.54, 1.807) is 6.07 Å². The molecule has 2 aromatic rings. The molecule has 3 rings (SSSR count). The summed E-state index contributed by atoms with van der Waals surface area (Å²) in [5.41, 5.74) is 0.466.